The van der Waals surface area contributed by atoms with Gasteiger partial charge in [-0.3, -0.25) is 14.4 Å². The highest BCUT2D eigenvalue weighted by atomic mass is 16.3. The average Bonchev–Trinajstić information content (AvgIpc) is 2.66. The minimum absolute atomic E-state index is 0.107. The molecule has 1 fully saturated rings. The third kappa shape index (κ3) is 2.62. The highest BCUT2D eigenvalue weighted by Gasteiger charge is 2.60. The Morgan fingerprint density at radius 1 is 1.19 bits per heavy atom. The molecule has 3 atom stereocenters. The van der Waals surface area contributed by atoms with Crippen LogP contribution < -0.4 is 10.6 Å². The molecular weight excluding hydrogens is 404 g/mol. The number of ketones is 2. The third-order valence-corrected chi connectivity index (χ3v) is 6.71. The van der Waals surface area contributed by atoms with Gasteiger partial charge < -0.3 is 31.1 Å². The Morgan fingerprint density at radius 3 is 2.42 bits per heavy atom. The fourth-order valence-corrected chi connectivity index (χ4v) is 5.20. The quantitative estimate of drug-likeness (QED) is 0.432. The van der Waals surface area contributed by atoms with Crippen molar-refractivity contribution in [1.29, 1.82) is 0 Å². The van der Waals surface area contributed by atoms with Gasteiger partial charge >= 0.3 is 0 Å². The summed E-state index contributed by atoms with van der Waals surface area (Å²) < 4.78 is 0. The number of primary amides is 1. The third-order valence-electron chi connectivity index (χ3n) is 6.71. The van der Waals surface area contributed by atoms with E-state index in [2.05, 4.69) is 0 Å². The Kier molecular flexibility index (Phi) is 4.44. The van der Waals surface area contributed by atoms with Gasteiger partial charge in [0.2, 0.25) is 5.78 Å². The van der Waals surface area contributed by atoms with E-state index in [0.717, 1.165) is 5.69 Å². The van der Waals surface area contributed by atoms with Gasteiger partial charge in [-0.25, -0.2) is 0 Å². The zero-order valence-corrected chi connectivity index (χ0v) is 17.4. The number of nitrogens with zero attached hydrogens (tertiary/aromatic N) is 1. The molecular formula is C22H24N2O7. The smallest absolute Gasteiger partial charge is 0.255 e. The number of phenols is 1. The largest absolute Gasteiger partial charge is 0.508 e. The van der Waals surface area contributed by atoms with Crippen LogP contribution in [0, 0.1) is 18.8 Å². The van der Waals surface area contributed by atoms with Crippen molar-refractivity contribution in [3.63, 3.8) is 0 Å². The number of aryl methyl sites for hydroxylation is 1. The molecule has 0 heterocycles. The van der Waals surface area contributed by atoms with Crippen LogP contribution in [0.3, 0.4) is 0 Å². The number of anilines is 1. The van der Waals surface area contributed by atoms with Crippen molar-refractivity contribution in [3.05, 3.63) is 39.7 Å². The Balaban J connectivity index is 1.97. The normalized spacial score (nSPS) is 27.6. The Morgan fingerprint density at radius 2 is 1.84 bits per heavy atom. The summed E-state index contributed by atoms with van der Waals surface area (Å²) >= 11 is 0. The van der Waals surface area contributed by atoms with Crippen molar-refractivity contribution in [1.82, 2.24) is 0 Å². The molecule has 1 aromatic carbocycles. The molecule has 9 heteroatoms. The number of hydrogen-bond acceptors (Lipinski definition) is 8. The molecule has 0 spiro atoms. The molecule has 3 aliphatic rings. The van der Waals surface area contributed by atoms with Crippen LogP contribution in [0.2, 0.25) is 0 Å². The number of carbonyl (C=O) groups is 3. The van der Waals surface area contributed by atoms with Crippen LogP contribution in [-0.2, 0) is 20.8 Å². The van der Waals surface area contributed by atoms with E-state index in [-0.39, 0.29) is 36.1 Å². The summed E-state index contributed by atoms with van der Waals surface area (Å²) in [5.74, 6) is -6.20. The number of amides is 1. The number of aliphatic hydroxyl groups is 3. The molecule has 1 aromatic rings. The van der Waals surface area contributed by atoms with Crippen molar-refractivity contribution in [2.45, 2.75) is 31.8 Å². The second-order valence-electron chi connectivity index (χ2n) is 8.72. The summed E-state index contributed by atoms with van der Waals surface area (Å²) in [6.45, 7) is 1.67. The molecule has 1 saturated carbocycles. The molecule has 164 valence electrons. The summed E-state index contributed by atoms with van der Waals surface area (Å²) in [5, 5.41) is 43.5. The number of nitrogens with two attached hydrogens (primary N) is 1. The lowest BCUT2D eigenvalue weighted by molar-refractivity contribution is -0.147. The molecule has 4 rings (SSSR count). The number of fused-ring (bicyclic) bond motifs is 3. The maximum atomic E-state index is 13.4. The van der Waals surface area contributed by atoms with Crippen molar-refractivity contribution in [2.24, 2.45) is 17.6 Å². The van der Waals surface area contributed by atoms with Crippen LogP contribution in [0.25, 0.3) is 5.76 Å². The van der Waals surface area contributed by atoms with Crippen molar-refractivity contribution >= 4 is 28.9 Å². The lowest BCUT2D eigenvalue weighted by Crippen LogP contribution is -2.58. The van der Waals surface area contributed by atoms with Gasteiger partial charge in [0.15, 0.2) is 11.4 Å². The highest BCUT2D eigenvalue weighted by molar-refractivity contribution is 6.22. The van der Waals surface area contributed by atoms with Gasteiger partial charge in [0, 0.05) is 37.7 Å². The van der Waals surface area contributed by atoms with Crippen LogP contribution in [-0.4, -0.2) is 57.6 Å². The maximum Gasteiger partial charge on any atom is 0.255 e. The first kappa shape index (κ1) is 20.9. The average molecular weight is 428 g/mol. The number of phenolic OH excluding ortho intramolecular Hbond substituents is 1. The Hall–Kier alpha value is -3.33. The molecule has 9 nitrogen and oxygen atoms in total. The van der Waals surface area contributed by atoms with Crippen LogP contribution in [0.5, 0.6) is 5.75 Å². The van der Waals surface area contributed by atoms with Gasteiger partial charge in [-0.15, -0.1) is 0 Å². The van der Waals surface area contributed by atoms with Gasteiger partial charge in [-0.05, 0) is 42.9 Å². The molecule has 6 N–H and O–H groups in total. The van der Waals surface area contributed by atoms with Crippen molar-refractivity contribution in [2.75, 3.05) is 19.0 Å². The van der Waals surface area contributed by atoms with Gasteiger partial charge in [0.25, 0.3) is 5.91 Å². The van der Waals surface area contributed by atoms with Gasteiger partial charge in [-0.1, -0.05) is 0 Å². The minimum Gasteiger partial charge on any atom is -0.508 e. The predicted molar refractivity (Wildman–Crippen MR) is 110 cm³/mol. The summed E-state index contributed by atoms with van der Waals surface area (Å²) in [6.07, 6.45) is 0.0713. The van der Waals surface area contributed by atoms with E-state index in [9.17, 15) is 34.8 Å². The SMILES string of the molecule is Cc1cc(N(C)C)c2c(c1O)C(O)=C1C(=O)[C@]3(O)C(O)=C(C(N)=O)C(=O)C[C@@H]3C[C@@H]1C2. The molecule has 31 heavy (non-hydrogen) atoms. The lowest BCUT2D eigenvalue weighted by atomic mass is 9.59. The van der Waals surface area contributed by atoms with Crippen LogP contribution in [0.1, 0.15) is 29.5 Å². The van der Waals surface area contributed by atoms with Crippen LogP contribution in [0.4, 0.5) is 5.69 Å². The zero-order valence-electron chi connectivity index (χ0n) is 17.4. The summed E-state index contributed by atoms with van der Waals surface area (Å²) in [6, 6.07) is 1.78. The van der Waals surface area contributed by atoms with Gasteiger partial charge in [0.1, 0.15) is 22.8 Å². The summed E-state index contributed by atoms with van der Waals surface area (Å²) in [7, 11) is 3.64. The molecule has 3 aliphatic carbocycles. The zero-order chi connectivity index (χ0) is 23.0. The second-order valence-corrected chi connectivity index (χ2v) is 8.72. The number of aromatic hydroxyl groups is 1. The number of rotatable bonds is 2. The standard InChI is InChI=1S/C22H24N2O7/c1-8-4-12(24(2)3)11-6-9-5-10-7-13(25)16(21(23)30)20(29)22(10,31)19(28)14(9)18(27)15(11)17(8)26/h4,9-10,26-27,29,31H,5-7H2,1-3H3,(H2,23,30)/t9-,10+,22+/m1/s1. The van der Waals surface area contributed by atoms with E-state index < -0.39 is 52.0 Å². The van der Waals surface area contributed by atoms with E-state index in [0.29, 0.717) is 11.1 Å². The molecule has 0 bridgehead atoms. The summed E-state index contributed by atoms with van der Waals surface area (Å²) in [5.41, 5.74) is 3.72. The highest BCUT2D eigenvalue weighted by Crippen LogP contribution is 2.53. The number of aliphatic hydroxyl groups excluding tert-OH is 2. The lowest BCUT2D eigenvalue weighted by Gasteiger charge is -2.46. The first-order chi connectivity index (χ1) is 14.4. The number of carbonyl (C=O) groups excluding carboxylic acids is 3. The number of Topliss-reactive ketones (excluding diaryl/α,β-unsaturated/α-hetero) is 2. The van der Waals surface area contributed by atoms with E-state index in [4.69, 9.17) is 5.73 Å². The molecule has 0 aromatic heterocycles. The fraction of sp³-hybridized carbons (Fsp3) is 0.409. The minimum atomic E-state index is -2.54. The van der Waals surface area contributed by atoms with Crippen molar-refractivity contribution < 1.29 is 34.8 Å². The van der Waals surface area contributed by atoms with E-state index in [1.165, 1.54) is 0 Å². The van der Waals surface area contributed by atoms with E-state index in [1.54, 1.807) is 13.0 Å². The molecule has 0 saturated heterocycles. The van der Waals surface area contributed by atoms with Crippen LogP contribution >= 0.6 is 0 Å². The molecule has 0 unspecified atom stereocenters. The van der Waals surface area contributed by atoms with Crippen molar-refractivity contribution in [3.8, 4) is 5.75 Å². The first-order valence-electron chi connectivity index (χ1n) is 9.91. The molecule has 0 aliphatic heterocycles. The Bertz CT molecular complexity index is 1130. The maximum absolute atomic E-state index is 13.4. The Labute approximate surface area is 178 Å². The topological polar surface area (TPSA) is 161 Å². The number of hydrogen-bond donors (Lipinski definition) is 5. The van der Waals surface area contributed by atoms with E-state index in [1.807, 2.05) is 19.0 Å². The second kappa shape index (κ2) is 6.58. The predicted octanol–water partition coefficient (Wildman–Crippen LogP) is 0.798. The molecule has 1 amide bonds. The first-order valence-corrected chi connectivity index (χ1v) is 9.91. The molecule has 0 radical (unpaired) electrons. The summed E-state index contributed by atoms with van der Waals surface area (Å²) in [4.78, 5) is 39.3. The van der Waals surface area contributed by atoms with Gasteiger partial charge in [-0.2, -0.15) is 0 Å². The monoisotopic (exact) mass is 428 g/mol. The number of benzene rings is 1. The fourth-order valence-electron chi connectivity index (χ4n) is 5.20. The van der Waals surface area contributed by atoms with Gasteiger partial charge in [0.05, 0.1) is 5.56 Å². The van der Waals surface area contributed by atoms with Crippen LogP contribution in [0.15, 0.2) is 23.0 Å². The van der Waals surface area contributed by atoms with E-state index >= 15 is 0 Å².